The normalized spacial score (nSPS) is 16.5. The first-order valence-corrected chi connectivity index (χ1v) is 9.75. The number of nitrogens with one attached hydrogen (secondary N) is 2. The monoisotopic (exact) mass is 438 g/mol. The Labute approximate surface area is 164 Å². The van der Waals surface area contributed by atoms with E-state index in [1.54, 1.807) is 18.2 Å². The number of likely N-dealkylation sites (tertiary alicyclic amines) is 1. The third-order valence-corrected chi connectivity index (χ3v) is 5.26. The van der Waals surface area contributed by atoms with E-state index < -0.39 is 12.1 Å². The number of imidazole rings is 1. The fourth-order valence-electron chi connectivity index (χ4n) is 3.44. The van der Waals surface area contributed by atoms with Crippen LogP contribution in [0.1, 0.15) is 33.1 Å². The number of carbonyl (C=O) groups excluding carboxylic acids is 2. The predicted molar refractivity (Wildman–Crippen MR) is 101 cm³/mol. The van der Waals surface area contributed by atoms with Crippen LogP contribution in [0.4, 0.5) is 0 Å². The quantitative estimate of drug-likeness (QED) is 0.542. The zero-order chi connectivity index (χ0) is 19.6. The van der Waals surface area contributed by atoms with Gasteiger partial charge in [0.1, 0.15) is 5.52 Å². The summed E-state index contributed by atoms with van der Waals surface area (Å²) in [4.78, 5) is 36.6. The highest BCUT2D eigenvalue weighted by Gasteiger charge is 2.27. The van der Waals surface area contributed by atoms with Gasteiger partial charge in [-0.25, -0.2) is 9.97 Å². The van der Waals surface area contributed by atoms with Crippen molar-refractivity contribution in [1.29, 1.82) is 5.41 Å². The first kappa shape index (κ1) is 19.5. The molecule has 2 aromatic heterocycles. The summed E-state index contributed by atoms with van der Waals surface area (Å²) in [6.45, 7) is 5.02. The zero-order valence-electron chi connectivity index (χ0n) is 15.4. The number of piperidine rings is 1. The third kappa shape index (κ3) is 4.55. The van der Waals surface area contributed by atoms with Crippen LogP contribution in [0.2, 0.25) is 0 Å². The van der Waals surface area contributed by atoms with Crippen LogP contribution in [-0.4, -0.2) is 55.5 Å². The maximum Gasteiger partial charge on any atom is 0.303 e. The average Bonchev–Trinajstić information content (AvgIpc) is 3.03. The maximum absolute atomic E-state index is 12.3. The number of amides is 1. The summed E-state index contributed by atoms with van der Waals surface area (Å²) in [7, 11) is 0. The van der Waals surface area contributed by atoms with E-state index in [0.29, 0.717) is 34.9 Å². The van der Waals surface area contributed by atoms with Gasteiger partial charge in [-0.05, 0) is 48.0 Å². The number of H-pyrrole nitrogens is 1. The molecule has 0 saturated carbocycles. The summed E-state index contributed by atoms with van der Waals surface area (Å²) >= 11 is 3.31. The molecule has 10 heteroatoms. The first-order chi connectivity index (χ1) is 12.8. The van der Waals surface area contributed by atoms with Gasteiger partial charge in [-0.15, -0.1) is 0 Å². The Morgan fingerprint density at radius 3 is 2.81 bits per heavy atom. The smallest absolute Gasteiger partial charge is 0.303 e. The third-order valence-electron chi connectivity index (χ3n) is 4.89. The Morgan fingerprint density at radius 2 is 2.15 bits per heavy atom. The lowest BCUT2D eigenvalue weighted by molar-refractivity contribution is -0.158. The summed E-state index contributed by atoms with van der Waals surface area (Å²) in [5, 5.41) is 7.86. The number of esters is 1. The van der Waals surface area contributed by atoms with Gasteiger partial charge >= 0.3 is 5.97 Å². The summed E-state index contributed by atoms with van der Waals surface area (Å²) in [5.41, 5.74) is 1.50. The van der Waals surface area contributed by atoms with Crippen LogP contribution >= 0.6 is 15.9 Å². The zero-order valence-corrected chi connectivity index (χ0v) is 17.0. The van der Waals surface area contributed by atoms with Crippen molar-refractivity contribution in [1.82, 2.24) is 24.4 Å². The SMILES string of the molecule is CC(=O)OC(C)C(=O)N1CCC(CCn2cnc(=N)c3[nH]c(Br)nc32)CC1. The van der Waals surface area contributed by atoms with Crippen LogP contribution in [0.15, 0.2) is 11.1 Å². The molecule has 3 rings (SSSR count). The summed E-state index contributed by atoms with van der Waals surface area (Å²) in [6.07, 6.45) is 3.70. The molecule has 0 spiro atoms. The van der Waals surface area contributed by atoms with Crippen LogP contribution in [-0.2, 0) is 20.9 Å². The Kier molecular flexibility index (Phi) is 5.93. The molecule has 1 fully saturated rings. The number of halogens is 1. The lowest BCUT2D eigenvalue weighted by Crippen LogP contribution is -2.44. The van der Waals surface area contributed by atoms with Gasteiger partial charge in [0.05, 0.1) is 6.33 Å². The Balaban J connectivity index is 1.55. The van der Waals surface area contributed by atoms with Crippen LogP contribution < -0.4 is 5.49 Å². The molecule has 0 bridgehead atoms. The van der Waals surface area contributed by atoms with Crippen molar-refractivity contribution in [3.05, 3.63) is 16.5 Å². The Hall–Kier alpha value is -2.23. The molecule has 1 aliphatic rings. The van der Waals surface area contributed by atoms with Crippen LogP contribution in [0, 0.1) is 11.3 Å². The average molecular weight is 439 g/mol. The number of rotatable bonds is 5. The molecule has 0 radical (unpaired) electrons. The molecule has 0 aliphatic carbocycles. The summed E-state index contributed by atoms with van der Waals surface area (Å²) in [6, 6.07) is 0. The van der Waals surface area contributed by atoms with E-state index in [-0.39, 0.29) is 11.4 Å². The van der Waals surface area contributed by atoms with Gasteiger partial charge < -0.3 is 19.2 Å². The van der Waals surface area contributed by atoms with Crippen molar-refractivity contribution in [3.8, 4) is 0 Å². The minimum atomic E-state index is -0.726. The standard InChI is InChI=1S/C17H23BrN6O3/c1-10(27-11(2)25)16(26)23-6-3-12(4-7-23)5-8-24-9-20-14(19)13-15(24)22-17(18)21-13/h9-10,12,19H,3-8H2,1-2H3,(H,21,22). The van der Waals surface area contributed by atoms with Gasteiger partial charge in [-0.3, -0.25) is 15.0 Å². The maximum atomic E-state index is 12.3. The number of fused-ring (bicyclic) bond motifs is 1. The minimum absolute atomic E-state index is 0.128. The molecule has 0 aromatic carbocycles. The molecule has 1 aliphatic heterocycles. The predicted octanol–water partition coefficient (Wildman–Crippen LogP) is 1.58. The molecule has 2 aromatic rings. The van der Waals surface area contributed by atoms with E-state index in [0.717, 1.165) is 25.8 Å². The van der Waals surface area contributed by atoms with E-state index >= 15 is 0 Å². The van der Waals surface area contributed by atoms with Crippen molar-refractivity contribution in [3.63, 3.8) is 0 Å². The largest absolute Gasteiger partial charge is 0.453 e. The fraction of sp³-hybridized carbons (Fsp3) is 0.588. The molecule has 146 valence electrons. The van der Waals surface area contributed by atoms with Crippen molar-refractivity contribution in [2.75, 3.05) is 13.1 Å². The highest BCUT2D eigenvalue weighted by molar-refractivity contribution is 9.10. The van der Waals surface area contributed by atoms with Crippen molar-refractivity contribution in [2.45, 2.75) is 45.8 Å². The molecular formula is C17H23BrN6O3. The summed E-state index contributed by atoms with van der Waals surface area (Å²) in [5.74, 6) is -0.0681. The molecule has 1 saturated heterocycles. The van der Waals surface area contributed by atoms with Crippen LogP contribution in [0.5, 0.6) is 0 Å². The van der Waals surface area contributed by atoms with Gasteiger partial charge in [0.15, 0.2) is 22.0 Å². The summed E-state index contributed by atoms with van der Waals surface area (Å²) < 4.78 is 7.52. The second-order valence-electron chi connectivity index (χ2n) is 6.82. The number of aryl methyl sites for hydroxylation is 1. The lowest BCUT2D eigenvalue weighted by atomic mass is 9.93. The van der Waals surface area contributed by atoms with Gasteiger partial charge in [-0.1, -0.05) is 0 Å². The van der Waals surface area contributed by atoms with Crippen molar-refractivity contribution < 1.29 is 14.3 Å². The molecule has 9 nitrogen and oxygen atoms in total. The molecule has 1 amide bonds. The van der Waals surface area contributed by atoms with Crippen LogP contribution in [0.25, 0.3) is 11.2 Å². The second-order valence-corrected chi connectivity index (χ2v) is 7.57. The topological polar surface area (TPSA) is 117 Å². The Bertz CT molecular complexity index is 900. The van der Waals surface area contributed by atoms with E-state index in [2.05, 4.69) is 30.9 Å². The molecule has 27 heavy (non-hydrogen) atoms. The second kappa shape index (κ2) is 8.20. The highest BCUT2D eigenvalue weighted by Crippen LogP contribution is 2.22. The van der Waals surface area contributed by atoms with Gasteiger partial charge in [0.2, 0.25) is 0 Å². The number of hydrogen-bond acceptors (Lipinski definition) is 6. The molecule has 1 unspecified atom stereocenters. The van der Waals surface area contributed by atoms with E-state index in [1.807, 2.05) is 4.57 Å². The van der Waals surface area contributed by atoms with Gasteiger partial charge in [0, 0.05) is 26.6 Å². The number of hydrogen-bond donors (Lipinski definition) is 2. The van der Waals surface area contributed by atoms with Gasteiger partial charge in [-0.2, -0.15) is 0 Å². The fourth-order valence-corrected chi connectivity index (χ4v) is 3.81. The molecule has 3 heterocycles. The molecule has 1 atom stereocenters. The number of ether oxygens (including phenoxy) is 1. The van der Waals surface area contributed by atoms with E-state index in [9.17, 15) is 9.59 Å². The highest BCUT2D eigenvalue weighted by atomic mass is 79.9. The number of nitrogens with zero attached hydrogens (tertiary/aromatic N) is 4. The lowest BCUT2D eigenvalue weighted by Gasteiger charge is -2.33. The minimum Gasteiger partial charge on any atom is -0.453 e. The van der Waals surface area contributed by atoms with Crippen molar-refractivity contribution >= 4 is 39.0 Å². The molecular weight excluding hydrogens is 416 g/mol. The number of aromatic nitrogens is 4. The Morgan fingerprint density at radius 1 is 1.44 bits per heavy atom. The van der Waals surface area contributed by atoms with E-state index in [1.165, 1.54) is 6.92 Å². The van der Waals surface area contributed by atoms with Gasteiger partial charge in [0.25, 0.3) is 5.91 Å². The van der Waals surface area contributed by atoms with E-state index in [4.69, 9.17) is 10.1 Å². The number of carbonyl (C=O) groups is 2. The molecule has 2 N–H and O–H groups in total. The van der Waals surface area contributed by atoms with Crippen LogP contribution in [0.3, 0.4) is 0 Å². The first-order valence-electron chi connectivity index (χ1n) is 8.96. The van der Waals surface area contributed by atoms with Crippen molar-refractivity contribution in [2.24, 2.45) is 5.92 Å². The number of aromatic amines is 1.